The molecule has 0 amide bonds. The van der Waals surface area contributed by atoms with Gasteiger partial charge < -0.3 is 0 Å². The molecule has 0 heterocycles. The molecule has 3 aliphatic rings. The van der Waals surface area contributed by atoms with E-state index in [0.29, 0.717) is 11.2 Å². The summed E-state index contributed by atoms with van der Waals surface area (Å²) in [5, 5.41) is 0. The third-order valence-electron chi connectivity index (χ3n) is 6.33. The molecule has 0 spiro atoms. The molecule has 96 valence electrons. The van der Waals surface area contributed by atoms with Gasteiger partial charge >= 0.3 is 0 Å². The van der Waals surface area contributed by atoms with Crippen LogP contribution in [-0.4, -0.2) is 5.78 Å². The van der Waals surface area contributed by atoms with Crippen molar-refractivity contribution in [1.82, 2.24) is 0 Å². The molecule has 0 unspecified atom stereocenters. The van der Waals surface area contributed by atoms with E-state index >= 15 is 0 Å². The van der Waals surface area contributed by atoms with Gasteiger partial charge in [0.1, 0.15) is 5.78 Å². The van der Waals surface area contributed by atoms with E-state index in [9.17, 15) is 4.79 Å². The van der Waals surface area contributed by atoms with Crippen molar-refractivity contribution in [3.63, 3.8) is 0 Å². The van der Waals surface area contributed by atoms with Gasteiger partial charge in [-0.25, -0.2) is 0 Å². The average molecular weight is 234 g/mol. The molecule has 0 aliphatic heterocycles. The summed E-state index contributed by atoms with van der Waals surface area (Å²) in [5.74, 6) is 4.12. The Hall–Kier alpha value is -0.330. The molecule has 17 heavy (non-hydrogen) atoms. The van der Waals surface area contributed by atoms with E-state index in [0.717, 1.165) is 36.5 Å². The quantitative estimate of drug-likeness (QED) is 0.613. The van der Waals surface area contributed by atoms with E-state index in [2.05, 4.69) is 13.8 Å². The molecule has 0 saturated heterocycles. The highest BCUT2D eigenvalue weighted by molar-refractivity contribution is 5.79. The van der Waals surface area contributed by atoms with Crippen LogP contribution in [0.5, 0.6) is 0 Å². The lowest BCUT2D eigenvalue weighted by Gasteiger charge is -2.56. The first-order valence-corrected chi connectivity index (χ1v) is 7.61. The molecule has 3 rings (SSSR count). The number of hydrogen-bond donors (Lipinski definition) is 0. The Labute approximate surface area is 105 Å². The van der Waals surface area contributed by atoms with Gasteiger partial charge in [0, 0.05) is 12.8 Å². The molecule has 0 aromatic carbocycles. The third kappa shape index (κ3) is 1.86. The van der Waals surface area contributed by atoms with Crippen molar-refractivity contribution >= 4 is 5.78 Å². The molecule has 3 saturated carbocycles. The molecular formula is C16H26O. The van der Waals surface area contributed by atoms with Crippen LogP contribution in [0.4, 0.5) is 0 Å². The van der Waals surface area contributed by atoms with Crippen molar-refractivity contribution < 1.29 is 4.79 Å². The van der Waals surface area contributed by atoms with Crippen molar-refractivity contribution in [2.45, 2.75) is 65.2 Å². The minimum absolute atomic E-state index is 0.511. The highest BCUT2D eigenvalue weighted by Crippen LogP contribution is 2.58. The van der Waals surface area contributed by atoms with Crippen LogP contribution in [0.1, 0.15) is 65.2 Å². The molecule has 0 aromatic heterocycles. The minimum Gasteiger partial charge on any atom is -0.300 e. The molecule has 1 heteroatoms. The van der Waals surface area contributed by atoms with Gasteiger partial charge in [0.05, 0.1) is 0 Å². The number of carbonyl (C=O) groups is 1. The van der Waals surface area contributed by atoms with Gasteiger partial charge in [-0.05, 0) is 61.2 Å². The number of carbonyl (C=O) groups excluding carboxylic acids is 1. The Morgan fingerprint density at radius 2 is 2.00 bits per heavy atom. The van der Waals surface area contributed by atoms with E-state index in [1.54, 1.807) is 0 Å². The summed E-state index contributed by atoms with van der Waals surface area (Å²) in [7, 11) is 0. The van der Waals surface area contributed by atoms with Gasteiger partial charge in [0.15, 0.2) is 0 Å². The molecular weight excluding hydrogens is 208 g/mol. The number of ketones is 1. The van der Waals surface area contributed by atoms with E-state index in [1.807, 2.05) is 0 Å². The Morgan fingerprint density at radius 3 is 2.82 bits per heavy atom. The van der Waals surface area contributed by atoms with Crippen molar-refractivity contribution in [2.75, 3.05) is 0 Å². The Morgan fingerprint density at radius 1 is 1.18 bits per heavy atom. The molecule has 0 bridgehead atoms. The number of fused-ring (bicyclic) bond motifs is 3. The summed E-state index contributed by atoms with van der Waals surface area (Å²) < 4.78 is 0. The van der Waals surface area contributed by atoms with E-state index in [1.165, 1.54) is 38.5 Å². The first-order valence-electron chi connectivity index (χ1n) is 7.61. The zero-order chi connectivity index (χ0) is 12.0. The maximum atomic E-state index is 11.7. The summed E-state index contributed by atoms with van der Waals surface area (Å²) in [5.41, 5.74) is 0.511. The summed E-state index contributed by atoms with van der Waals surface area (Å²) in [6.45, 7) is 4.94. The fourth-order valence-electron chi connectivity index (χ4n) is 5.24. The predicted octanol–water partition coefficient (Wildman–Crippen LogP) is 4.21. The smallest absolute Gasteiger partial charge is 0.133 e. The normalized spacial score (nSPS) is 50.6. The zero-order valence-electron chi connectivity index (χ0n) is 11.4. The van der Waals surface area contributed by atoms with Crippen molar-refractivity contribution in [3.8, 4) is 0 Å². The second kappa shape index (κ2) is 4.10. The molecule has 3 aliphatic carbocycles. The molecule has 0 N–H and O–H groups in total. The Kier molecular flexibility index (Phi) is 2.83. The molecule has 0 aromatic rings. The van der Waals surface area contributed by atoms with E-state index in [4.69, 9.17) is 0 Å². The average Bonchev–Trinajstić information content (AvgIpc) is 2.30. The third-order valence-corrected chi connectivity index (χ3v) is 6.33. The summed E-state index contributed by atoms with van der Waals surface area (Å²) in [6.07, 6.45) is 10.0. The van der Waals surface area contributed by atoms with Gasteiger partial charge in [0.2, 0.25) is 0 Å². The molecule has 0 radical (unpaired) electrons. The van der Waals surface area contributed by atoms with E-state index < -0.39 is 0 Å². The second-order valence-electron chi connectivity index (χ2n) is 7.31. The Balaban J connectivity index is 1.82. The predicted molar refractivity (Wildman–Crippen MR) is 69.7 cm³/mol. The van der Waals surface area contributed by atoms with Gasteiger partial charge in [-0.1, -0.05) is 20.3 Å². The van der Waals surface area contributed by atoms with Gasteiger partial charge in [0.25, 0.3) is 0 Å². The van der Waals surface area contributed by atoms with Crippen LogP contribution in [0.2, 0.25) is 0 Å². The fourth-order valence-corrected chi connectivity index (χ4v) is 5.24. The highest BCUT2D eigenvalue weighted by atomic mass is 16.1. The lowest BCUT2D eigenvalue weighted by molar-refractivity contribution is -0.132. The summed E-state index contributed by atoms with van der Waals surface area (Å²) in [6, 6.07) is 0. The first-order chi connectivity index (χ1) is 8.09. The zero-order valence-corrected chi connectivity index (χ0v) is 11.4. The number of hydrogen-bond acceptors (Lipinski definition) is 1. The topological polar surface area (TPSA) is 17.1 Å². The van der Waals surface area contributed by atoms with Crippen molar-refractivity contribution in [2.24, 2.45) is 29.1 Å². The molecule has 1 nitrogen and oxygen atoms in total. The molecule has 5 atom stereocenters. The van der Waals surface area contributed by atoms with Crippen LogP contribution in [0.15, 0.2) is 0 Å². The van der Waals surface area contributed by atoms with Gasteiger partial charge in [-0.2, -0.15) is 0 Å². The maximum absolute atomic E-state index is 11.7. The van der Waals surface area contributed by atoms with Crippen molar-refractivity contribution in [3.05, 3.63) is 0 Å². The lowest BCUT2D eigenvalue weighted by Crippen LogP contribution is -2.48. The van der Waals surface area contributed by atoms with Crippen LogP contribution in [-0.2, 0) is 4.79 Å². The van der Waals surface area contributed by atoms with Gasteiger partial charge in [-0.3, -0.25) is 4.79 Å². The molecule has 3 fully saturated rings. The van der Waals surface area contributed by atoms with Crippen LogP contribution < -0.4 is 0 Å². The van der Waals surface area contributed by atoms with E-state index in [-0.39, 0.29) is 0 Å². The standard InChI is InChI=1S/C16H26O/c1-11-3-6-15-12(9-11)4-5-13-10-14(17)7-8-16(13,15)2/h11-13,15H,3-10H2,1-2H3/t11-,12+,13-,15+,16+/m1/s1. The monoisotopic (exact) mass is 234 g/mol. The first kappa shape index (κ1) is 11.7. The highest BCUT2D eigenvalue weighted by Gasteiger charge is 2.51. The SMILES string of the molecule is C[C@@H]1CC[C@H]2[C@@H](CC[C@@H]3CC(=O)CC[C@@]32C)C1. The van der Waals surface area contributed by atoms with Crippen molar-refractivity contribution in [1.29, 1.82) is 0 Å². The van der Waals surface area contributed by atoms with Gasteiger partial charge in [-0.15, -0.1) is 0 Å². The second-order valence-corrected chi connectivity index (χ2v) is 7.31. The minimum atomic E-state index is 0.511. The summed E-state index contributed by atoms with van der Waals surface area (Å²) >= 11 is 0. The summed E-state index contributed by atoms with van der Waals surface area (Å²) in [4.78, 5) is 11.7. The fraction of sp³-hybridized carbons (Fsp3) is 0.938. The maximum Gasteiger partial charge on any atom is 0.133 e. The van der Waals surface area contributed by atoms with Crippen LogP contribution >= 0.6 is 0 Å². The Bertz CT molecular complexity index is 321. The van der Waals surface area contributed by atoms with Crippen LogP contribution in [0, 0.1) is 29.1 Å². The number of rotatable bonds is 0. The van der Waals surface area contributed by atoms with Crippen LogP contribution in [0.25, 0.3) is 0 Å². The number of Topliss-reactive ketones (excluding diaryl/α,β-unsaturated/α-hetero) is 1. The van der Waals surface area contributed by atoms with Crippen LogP contribution in [0.3, 0.4) is 0 Å². The largest absolute Gasteiger partial charge is 0.300 e. The lowest BCUT2D eigenvalue weighted by atomic mass is 9.49.